The minimum atomic E-state index is -0.182. The lowest BCUT2D eigenvalue weighted by molar-refractivity contribution is -0.111. The highest BCUT2D eigenvalue weighted by atomic mass is 16.3. The maximum Gasteiger partial charge on any atom is 0.163 e. The highest BCUT2D eigenvalue weighted by Gasteiger charge is 2.20. The van der Waals surface area contributed by atoms with Crippen LogP contribution in [0.25, 0.3) is 27.1 Å². The number of carbonyl (C=O) groups is 1. The SMILES string of the molecule is CC(=O)/C(=C(/C)O)c1c2ccccc2c(CC#N)c2ccccc12. The van der Waals surface area contributed by atoms with Crippen molar-refractivity contribution < 1.29 is 9.90 Å². The maximum atomic E-state index is 12.2. The van der Waals surface area contributed by atoms with Crippen LogP contribution < -0.4 is 0 Å². The second-order valence-electron chi connectivity index (χ2n) is 5.80. The first-order valence-corrected chi connectivity index (χ1v) is 7.76. The Balaban J connectivity index is 2.63. The Bertz CT molecular complexity index is 978. The number of nitrogens with zero attached hydrogens (tertiary/aromatic N) is 1. The Hall–Kier alpha value is -3.12. The van der Waals surface area contributed by atoms with Gasteiger partial charge in [0.1, 0.15) is 5.76 Å². The molecule has 0 saturated carbocycles. The second kappa shape index (κ2) is 6.17. The molecule has 3 aromatic rings. The third kappa shape index (κ3) is 2.43. The molecule has 0 heterocycles. The number of aliphatic hydroxyl groups excluding tert-OH is 1. The lowest BCUT2D eigenvalue weighted by Gasteiger charge is -2.17. The molecule has 0 saturated heterocycles. The number of fused-ring (bicyclic) bond motifs is 2. The van der Waals surface area contributed by atoms with Crippen LogP contribution in [0, 0.1) is 11.3 Å². The molecule has 0 aromatic heterocycles. The van der Waals surface area contributed by atoms with Crippen LogP contribution in [0.15, 0.2) is 54.3 Å². The highest BCUT2D eigenvalue weighted by molar-refractivity contribution is 6.28. The van der Waals surface area contributed by atoms with E-state index in [2.05, 4.69) is 6.07 Å². The van der Waals surface area contributed by atoms with Gasteiger partial charge in [0.25, 0.3) is 0 Å². The summed E-state index contributed by atoms with van der Waals surface area (Å²) in [5.74, 6) is -0.177. The minimum absolute atomic E-state index is 0.00541. The third-order valence-corrected chi connectivity index (χ3v) is 4.26. The van der Waals surface area contributed by atoms with Crippen molar-refractivity contribution in [1.29, 1.82) is 5.26 Å². The molecule has 0 aliphatic rings. The highest BCUT2D eigenvalue weighted by Crippen LogP contribution is 2.38. The summed E-state index contributed by atoms with van der Waals surface area (Å²) in [5, 5.41) is 23.0. The Morgan fingerprint density at radius 1 is 0.958 bits per heavy atom. The van der Waals surface area contributed by atoms with Gasteiger partial charge in [-0.05, 0) is 41.0 Å². The number of carbonyl (C=O) groups excluding carboxylic acids is 1. The van der Waals surface area contributed by atoms with Crippen molar-refractivity contribution in [3.63, 3.8) is 0 Å². The number of aliphatic hydroxyl groups is 1. The van der Waals surface area contributed by atoms with E-state index in [1.54, 1.807) is 0 Å². The Morgan fingerprint density at radius 2 is 1.42 bits per heavy atom. The standard InChI is InChI=1S/C21H17NO2/c1-13(23)20(14(2)24)21-18-9-5-3-7-15(18)17(11-12-22)16-8-4-6-10-19(16)21/h3-10,23H,11H2,1-2H3/b20-13+. The summed E-state index contributed by atoms with van der Waals surface area (Å²) in [6.07, 6.45) is 0.290. The molecule has 3 aromatic carbocycles. The van der Waals surface area contributed by atoms with Crippen molar-refractivity contribution in [3.8, 4) is 6.07 Å². The van der Waals surface area contributed by atoms with Gasteiger partial charge in [-0.1, -0.05) is 48.5 Å². The van der Waals surface area contributed by atoms with Gasteiger partial charge in [0, 0.05) is 5.56 Å². The van der Waals surface area contributed by atoms with Crippen molar-refractivity contribution >= 4 is 32.9 Å². The summed E-state index contributed by atoms with van der Waals surface area (Å²) in [7, 11) is 0. The average molecular weight is 315 g/mol. The van der Waals surface area contributed by atoms with E-state index in [4.69, 9.17) is 0 Å². The van der Waals surface area contributed by atoms with Crippen LogP contribution in [0.4, 0.5) is 0 Å². The van der Waals surface area contributed by atoms with Crippen LogP contribution in [0.1, 0.15) is 25.0 Å². The first-order valence-electron chi connectivity index (χ1n) is 7.76. The summed E-state index contributed by atoms with van der Waals surface area (Å²) in [4.78, 5) is 12.2. The number of ketones is 1. The molecule has 0 atom stereocenters. The summed E-state index contributed by atoms with van der Waals surface area (Å²) >= 11 is 0. The maximum absolute atomic E-state index is 12.2. The largest absolute Gasteiger partial charge is 0.512 e. The molecular weight excluding hydrogens is 298 g/mol. The van der Waals surface area contributed by atoms with Gasteiger partial charge in [0.15, 0.2) is 5.78 Å². The van der Waals surface area contributed by atoms with Gasteiger partial charge in [0.2, 0.25) is 0 Å². The lowest BCUT2D eigenvalue weighted by atomic mass is 9.86. The summed E-state index contributed by atoms with van der Waals surface area (Å²) in [6, 6.07) is 17.7. The topological polar surface area (TPSA) is 61.1 Å². The molecule has 1 N–H and O–H groups in total. The molecule has 0 aliphatic carbocycles. The number of hydrogen-bond donors (Lipinski definition) is 1. The zero-order chi connectivity index (χ0) is 17.3. The molecule has 0 unspecified atom stereocenters. The van der Waals surface area contributed by atoms with Gasteiger partial charge in [-0.2, -0.15) is 5.26 Å². The first-order chi connectivity index (χ1) is 11.6. The normalized spacial score (nSPS) is 12.0. The zero-order valence-electron chi connectivity index (χ0n) is 13.6. The molecule has 0 aliphatic heterocycles. The molecule has 3 heteroatoms. The van der Waals surface area contributed by atoms with Crippen LogP contribution in [-0.4, -0.2) is 10.9 Å². The van der Waals surface area contributed by atoms with Gasteiger partial charge in [-0.25, -0.2) is 0 Å². The van der Waals surface area contributed by atoms with Crippen molar-refractivity contribution in [2.45, 2.75) is 20.3 Å². The van der Waals surface area contributed by atoms with E-state index >= 15 is 0 Å². The van der Waals surface area contributed by atoms with E-state index < -0.39 is 0 Å². The van der Waals surface area contributed by atoms with Crippen LogP contribution >= 0.6 is 0 Å². The number of benzene rings is 3. The Labute approximate surface area is 140 Å². The minimum Gasteiger partial charge on any atom is -0.512 e. The smallest absolute Gasteiger partial charge is 0.163 e. The molecule has 0 radical (unpaired) electrons. The number of rotatable bonds is 3. The zero-order valence-corrected chi connectivity index (χ0v) is 13.6. The molecule has 0 bridgehead atoms. The Kier molecular flexibility index (Phi) is 4.05. The molecule has 3 nitrogen and oxygen atoms in total. The monoisotopic (exact) mass is 315 g/mol. The summed E-state index contributed by atoms with van der Waals surface area (Å²) in [5.41, 5.74) is 2.01. The summed E-state index contributed by atoms with van der Waals surface area (Å²) < 4.78 is 0. The van der Waals surface area contributed by atoms with Gasteiger partial charge >= 0.3 is 0 Å². The summed E-state index contributed by atoms with van der Waals surface area (Å²) in [6.45, 7) is 2.99. The van der Waals surface area contributed by atoms with E-state index in [0.717, 1.165) is 32.7 Å². The van der Waals surface area contributed by atoms with Gasteiger partial charge in [-0.15, -0.1) is 0 Å². The number of nitriles is 1. The van der Waals surface area contributed by atoms with Crippen molar-refractivity contribution in [2.75, 3.05) is 0 Å². The van der Waals surface area contributed by atoms with Gasteiger partial charge in [-0.3, -0.25) is 4.79 Å². The van der Waals surface area contributed by atoms with Crippen LogP contribution in [0.5, 0.6) is 0 Å². The fourth-order valence-corrected chi connectivity index (χ4v) is 3.37. The van der Waals surface area contributed by atoms with E-state index in [1.165, 1.54) is 13.8 Å². The van der Waals surface area contributed by atoms with Crippen molar-refractivity contribution in [2.24, 2.45) is 0 Å². The van der Waals surface area contributed by atoms with E-state index in [1.807, 2.05) is 48.5 Å². The Morgan fingerprint density at radius 3 is 1.79 bits per heavy atom. The molecule has 24 heavy (non-hydrogen) atoms. The molecule has 0 spiro atoms. The first kappa shape index (κ1) is 15.8. The fraction of sp³-hybridized carbons (Fsp3) is 0.143. The fourth-order valence-electron chi connectivity index (χ4n) is 3.37. The van der Waals surface area contributed by atoms with Gasteiger partial charge in [0.05, 0.1) is 18.1 Å². The average Bonchev–Trinajstić information content (AvgIpc) is 2.57. The molecule has 3 rings (SSSR count). The quantitative estimate of drug-likeness (QED) is 0.423. The van der Waals surface area contributed by atoms with E-state index in [0.29, 0.717) is 12.0 Å². The van der Waals surface area contributed by atoms with E-state index in [9.17, 15) is 15.2 Å². The number of allylic oxidation sites excluding steroid dienone is 2. The van der Waals surface area contributed by atoms with Gasteiger partial charge < -0.3 is 5.11 Å². The molecule has 0 fully saturated rings. The van der Waals surface area contributed by atoms with Crippen LogP contribution in [0.2, 0.25) is 0 Å². The van der Waals surface area contributed by atoms with Crippen LogP contribution in [-0.2, 0) is 11.2 Å². The van der Waals surface area contributed by atoms with Crippen LogP contribution in [0.3, 0.4) is 0 Å². The predicted molar refractivity (Wildman–Crippen MR) is 96.7 cm³/mol. The van der Waals surface area contributed by atoms with Crippen molar-refractivity contribution in [1.82, 2.24) is 0 Å². The lowest BCUT2D eigenvalue weighted by Crippen LogP contribution is -2.03. The third-order valence-electron chi connectivity index (χ3n) is 4.26. The van der Waals surface area contributed by atoms with E-state index in [-0.39, 0.29) is 11.5 Å². The van der Waals surface area contributed by atoms with Crippen molar-refractivity contribution in [3.05, 3.63) is 65.4 Å². The molecule has 0 amide bonds. The molecule has 118 valence electrons. The number of Topliss-reactive ketones (excluding diaryl/α,β-unsaturated/α-hetero) is 1. The number of hydrogen-bond acceptors (Lipinski definition) is 3. The molecular formula is C21H17NO2. The predicted octanol–water partition coefficient (Wildman–Crippen LogP) is 4.94. The second-order valence-corrected chi connectivity index (χ2v) is 5.80.